The molecule has 0 radical (unpaired) electrons. The fourth-order valence-corrected chi connectivity index (χ4v) is 4.21. The maximum absolute atomic E-state index is 13.1. The van der Waals surface area contributed by atoms with E-state index in [0.717, 1.165) is 28.7 Å². The van der Waals surface area contributed by atoms with E-state index in [1.165, 1.54) is 12.7 Å². The maximum atomic E-state index is 13.1. The molecule has 4 rings (SSSR count). The number of carbonyl (C=O) groups is 2. The lowest BCUT2D eigenvalue weighted by atomic mass is 9.72. The molecule has 1 amide bonds. The Labute approximate surface area is 188 Å². The summed E-state index contributed by atoms with van der Waals surface area (Å²) < 4.78 is 4.77. The number of carbonyl (C=O) groups excluding carboxylic acids is 2. The Morgan fingerprint density at radius 1 is 0.938 bits per heavy atom. The van der Waals surface area contributed by atoms with E-state index in [9.17, 15) is 9.59 Å². The number of anilines is 1. The maximum Gasteiger partial charge on any atom is 0.337 e. The molecule has 32 heavy (non-hydrogen) atoms. The molecule has 1 N–H and O–H groups in total. The highest BCUT2D eigenvalue weighted by molar-refractivity contribution is 6.06. The van der Waals surface area contributed by atoms with Crippen LogP contribution in [-0.4, -0.2) is 19.0 Å². The molecule has 0 heterocycles. The van der Waals surface area contributed by atoms with E-state index >= 15 is 0 Å². The van der Waals surface area contributed by atoms with Gasteiger partial charge in [0.1, 0.15) is 0 Å². The molecule has 0 saturated carbocycles. The van der Waals surface area contributed by atoms with Gasteiger partial charge in [-0.05, 0) is 76.9 Å². The molecule has 0 atom stereocenters. The fraction of sp³-hybridized carbons (Fsp3) is 0.214. The van der Waals surface area contributed by atoms with Gasteiger partial charge in [0.25, 0.3) is 5.91 Å². The number of esters is 1. The van der Waals surface area contributed by atoms with Crippen LogP contribution in [0.1, 0.15) is 63.2 Å². The first-order chi connectivity index (χ1) is 15.3. The number of nitrogens with one attached hydrogen (secondary N) is 1. The van der Waals surface area contributed by atoms with Crippen LogP contribution in [0.3, 0.4) is 0 Å². The lowest BCUT2D eigenvalue weighted by Crippen LogP contribution is -2.23. The summed E-state index contributed by atoms with van der Waals surface area (Å²) in [6.07, 6.45) is 3.22. The average Bonchev–Trinajstić information content (AvgIpc) is 2.80. The first kappa shape index (κ1) is 21.6. The van der Waals surface area contributed by atoms with Crippen LogP contribution >= 0.6 is 0 Å². The van der Waals surface area contributed by atoms with Gasteiger partial charge in [-0.1, -0.05) is 56.3 Å². The second kappa shape index (κ2) is 8.46. The van der Waals surface area contributed by atoms with Crippen molar-refractivity contribution in [2.45, 2.75) is 32.6 Å². The number of benzene rings is 3. The molecule has 162 valence electrons. The lowest BCUT2D eigenvalue weighted by Gasteiger charge is -2.32. The second-order valence-electron chi connectivity index (χ2n) is 8.81. The van der Waals surface area contributed by atoms with Crippen molar-refractivity contribution in [2.75, 3.05) is 12.4 Å². The van der Waals surface area contributed by atoms with Crippen molar-refractivity contribution < 1.29 is 14.3 Å². The van der Waals surface area contributed by atoms with Crippen molar-refractivity contribution in [3.8, 4) is 0 Å². The molecule has 0 spiro atoms. The number of allylic oxidation sites excluding steroid dienone is 1. The minimum atomic E-state index is -0.400. The van der Waals surface area contributed by atoms with E-state index in [2.05, 4.69) is 43.4 Å². The summed E-state index contributed by atoms with van der Waals surface area (Å²) in [6.45, 7) is 6.32. The summed E-state index contributed by atoms with van der Waals surface area (Å²) in [4.78, 5) is 24.9. The molecular formula is C28H27NO3. The first-order valence-electron chi connectivity index (χ1n) is 10.7. The van der Waals surface area contributed by atoms with E-state index in [0.29, 0.717) is 16.8 Å². The molecule has 4 heteroatoms. The van der Waals surface area contributed by atoms with Crippen LogP contribution in [0.15, 0.2) is 72.8 Å². The normalized spacial score (nSPS) is 14.2. The van der Waals surface area contributed by atoms with Crippen LogP contribution in [-0.2, 0) is 10.2 Å². The number of methoxy groups -OCH3 is 1. The van der Waals surface area contributed by atoms with Gasteiger partial charge in [-0.25, -0.2) is 4.79 Å². The van der Waals surface area contributed by atoms with Gasteiger partial charge in [-0.15, -0.1) is 0 Å². The van der Waals surface area contributed by atoms with E-state index < -0.39 is 5.97 Å². The summed E-state index contributed by atoms with van der Waals surface area (Å²) in [7, 11) is 1.35. The van der Waals surface area contributed by atoms with Crippen LogP contribution in [0.5, 0.6) is 0 Å². The van der Waals surface area contributed by atoms with E-state index in [-0.39, 0.29) is 11.3 Å². The zero-order valence-electron chi connectivity index (χ0n) is 18.9. The third-order valence-corrected chi connectivity index (χ3v) is 6.10. The van der Waals surface area contributed by atoms with Gasteiger partial charge in [-0.3, -0.25) is 4.79 Å². The average molecular weight is 426 g/mol. The largest absolute Gasteiger partial charge is 0.465 e. The van der Waals surface area contributed by atoms with Crippen molar-refractivity contribution in [1.29, 1.82) is 0 Å². The van der Waals surface area contributed by atoms with Crippen molar-refractivity contribution >= 4 is 23.1 Å². The van der Waals surface area contributed by atoms with Gasteiger partial charge in [0.2, 0.25) is 0 Å². The minimum Gasteiger partial charge on any atom is -0.465 e. The molecule has 0 saturated heterocycles. The first-order valence-corrected chi connectivity index (χ1v) is 10.7. The van der Waals surface area contributed by atoms with Crippen LogP contribution in [0.4, 0.5) is 5.69 Å². The van der Waals surface area contributed by atoms with Crippen molar-refractivity contribution in [1.82, 2.24) is 0 Å². The second-order valence-corrected chi connectivity index (χ2v) is 8.81. The van der Waals surface area contributed by atoms with Gasteiger partial charge in [-0.2, -0.15) is 0 Å². The minimum absolute atomic E-state index is 0.00290. The smallest absolute Gasteiger partial charge is 0.337 e. The Bertz CT molecular complexity index is 1220. The Morgan fingerprint density at radius 2 is 1.66 bits per heavy atom. The molecule has 4 nitrogen and oxygen atoms in total. The number of hydrogen-bond donors (Lipinski definition) is 1. The standard InChI is InChI=1S/C28H27NO3/c1-18-16-21(27(31)32-4)11-13-25(18)29-26(30)20-10-12-24-23(17-20)22(14-15-28(24,2)3)19-8-6-5-7-9-19/h5-14,16-17H,15H2,1-4H3,(H,29,30). The summed E-state index contributed by atoms with van der Waals surface area (Å²) in [5.74, 6) is -0.582. The van der Waals surface area contributed by atoms with Gasteiger partial charge >= 0.3 is 5.97 Å². The SMILES string of the molecule is COC(=O)c1ccc(NC(=O)c2ccc3c(c2)C(c2ccccc2)=CCC3(C)C)c(C)c1. The molecule has 0 unspecified atom stereocenters. The number of hydrogen-bond acceptors (Lipinski definition) is 3. The highest BCUT2D eigenvalue weighted by Gasteiger charge is 2.29. The molecule has 1 aliphatic rings. The lowest BCUT2D eigenvalue weighted by molar-refractivity contribution is 0.0600. The zero-order chi connectivity index (χ0) is 22.9. The van der Waals surface area contributed by atoms with Crippen molar-refractivity contribution in [3.05, 3.63) is 106 Å². The topological polar surface area (TPSA) is 55.4 Å². The third-order valence-electron chi connectivity index (χ3n) is 6.10. The van der Waals surface area contributed by atoms with Crippen LogP contribution in [0, 0.1) is 6.92 Å². The van der Waals surface area contributed by atoms with Gasteiger partial charge in [0, 0.05) is 11.3 Å². The van der Waals surface area contributed by atoms with Crippen LogP contribution in [0.25, 0.3) is 5.57 Å². The van der Waals surface area contributed by atoms with Gasteiger partial charge in [0.15, 0.2) is 0 Å². The fourth-order valence-electron chi connectivity index (χ4n) is 4.21. The monoisotopic (exact) mass is 425 g/mol. The Hall–Kier alpha value is -3.66. The molecule has 3 aromatic rings. The Kier molecular flexibility index (Phi) is 5.70. The number of fused-ring (bicyclic) bond motifs is 1. The molecule has 0 aliphatic heterocycles. The Morgan fingerprint density at radius 3 is 2.34 bits per heavy atom. The number of ether oxygens (including phenoxy) is 1. The summed E-state index contributed by atoms with van der Waals surface area (Å²) in [5.41, 5.74) is 7.17. The highest BCUT2D eigenvalue weighted by atomic mass is 16.5. The summed E-state index contributed by atoms with van der Waals surface area (Å²) in [6, 6.07) is 21.3. The number of amides is 1. The molecule has 0 fully saturated rings. The van der Waals surface area contributed by atoms with Gasteiger partial charge in [0.05, 0.1) is 12.7 Å². The van der Waals surface area contributed by atoms with Crippen molar-refractivity contribution in [3.63, 3.8) is 0 Å². The zero-order valence-corrected chi connectivity index (χ0v) is 18.9. The Balaban J connectivity index is 1.67. The van der Waals surface area contributed by atoms with E-state index in [4.69, 9.17) is 4.74 Å². The number of rotatable bonds is 4. The van der Waals surface area contributed by atoms with Crippen LogP contribution < -0.4 is 5.32 Å². The van der Waals surface area contributed by atoms with E-state index in [1.54, 1.807) is 18.2 Å². The summed E-state index contributed by atoms with van der Waals surface area (Å²) in [5, 5.41) is 2.98. The predicted molar refractivity (Wildman–Crippen MR) is 128 cm³/mol. The molecule has 1 aliphatic carbocycles. The molecule has 0 bridgehead atoms. The molecule has 0 aromatic heterocycles. The molecular weight excluding hydrogens is 398 g/mol. The van der Waals surface area contributed by atoms with Gasteiger partial charge < -0.3 is 10.1 Å². The predicted octanol–water partition coefficient (Wildman–Crippen LogP) is 6.15. The van der Waals surface area contributed by atoms with Crippen molar-refractivity contribution in [2.24, 2.45) is 0 Å². The quantitative estimate of drug-likeness (QED) is 0.510. The highest BCUT2D eigenvalue weighted by Crippen LogP contribution is 2.41. The summed E-state index contributed by atoms with van der Waals surface area (Å²) >= 11 is 0. The third kappa shape index (κ3) is 4.09. The number of aryl methyl sites for hydroxylation is 1. The molecule has 3 aromatic carbocycles. The van der Waals surface area contributed by atoms with Crippen LogP contribution in [0.2, 0.25) is 0 Å². The van der Waals surface area contributed by atoms with E-state index in [1.807, 2.05) is 37.3 Å².